The molecule has 0 N–H and O–H groups in total. The molecule has 0 unspecified atom stereocenters. The van der Waals surface area contributed by atoms with Crippen LogP contribution in [0, 0.1) is 0 Å². The van der Waals surface area contributed by atoms with E-state index in [-0.39, 0.29) is 11.1 Å². The summed E-state index contributed by atoms with van der Waals surface area (Å²) in [5, 5.41) is 0.0250. The molecule has 0 spiro atoms. The number of hydrogen-bond acceptors (Lipinski definition) is 2. The van der Waals surface area contributed by atoms with Crippen LogP contribution in [0.3, 0.4) is 0 Å². The number of Topliss-reactive ketones (excluding diaryl/α,β-unsaturated/α-hetero) is 1. The van der Waals surface area contributed by atoms with Gasteiger partial charge in [-0.1, -0.05) is 11.6 Å². The van der Waals surface area contributed by atoms with E-state index >= 15 is 0 Å². The lowest BCUT2D eigenvalue weighted by Crippen LogP contribution is -2.25. The van der Waals surface area contributed by atoms with Crippen LogP contribution in [-0.4, -0.2) is 18.1 Å². The van der Waals surface area contributed by atoms with Crippen molar-refractivity contribution in [3.8, 4) is 5.75 Å². The normalized spacial score (nSPS) is 16.2. The molecule has 98 valence electrons. The van der Waals surface area contributed by atoms with Gasteiger partial charge in [0.2, 0.25) is 0 Å². The second-order valence-electron chi connectivity index (χ2n) is 4.14. The van der Waals surface area contributed by atoms with Crippen molar-refractivity contribution in [2.45, 2.75) is 31.5 Å². The van der Waals surface area contributed by atoms with Gasteiger partial charge in [0.25, 0.3) is 5.78 Å². The lowest BCUT2D eigenvalue weighted by atomic mass is 9.96. The van der Waals surface area contributed by atoms with Gasteiger partial charge in [0.1, 0.15) is 5.75 Å². The molecule has 0 amide bonds. The van der Waals surface area contributed by atoms with Gasteiger partial charge in [-0.15, -0.1) is 0 Å². The number of ketones is 1. The van der Waals surface area contributed by atoms with Gasteiger partial charge in [-0.05, 0) is 37.5 Å². The molecule has 18 heavy (non-hydrogen) atoms. The minimum atomic E-state index is -4.89. The molecule has 0 saturated heterocycles. The van der Waals surface area contributed by atoms with Gasteiger partial charge in [0.15, 0.2) is 0 Å². The number of carbonyl (C=O) groups excluding carboxylic acids is 1. The van der Waals surface area contributed by atoms with Crippen molar-refractivity contribution in [2.24, 2.45) is 0 Å². The predicted molar refractivity (Wildman–Crippen MR) is 60.1 cm³/mol. The van der Waals surface area contributed by atoms with Crippen LogP contribution in [0.5, 0.6) is 5.75 Å². The van der Waals surface area contributed by atoms with E-state index in [2.05, 4.69) is 0 Å². The Balaban J connectivity index is 2.16. The molecule has 0 atom stereocenters. The highest BCUT2D eigenvalue weighted by atomic mass is 35.5. The van der Waals surface area contributed by atoms with E-state index in [1.54, 1.807) is 0 Å². The maximum Gasteiger partial charge on any atom is 0.454 e. The lowest BCUT2D eigenvalue weighted by Gasteiger charge is -2.26. The van der Waals surface area contributed by atoms with E-state index in [1.165, 1.54) is 6.07 Å². The van der Waals surface area contributed by atoms with Crippen molar-refractivity contribution in [1.82, 2.24) is 0 Å². The van der Waals surface area contributed by atoms with Gasteiger partial charge in [0.05, 0.1) is 11.1 Å². The van der Waals surface area contributed by atoms with E-state index in [4.69, 9.17) is 16.3 Å². The Bertz CT molecular complexity index is 467. The zero-order chi connectivity index (χ0) is 13.3. The largest absolute Gasteiger partial charge is 0.489 e. The first kappa shape index (κ1) is 13.2. The molecule has 6 heteroatoms. The quantitative estimate of drug-likeness (QED) is 0.781. The average molecular weight is 279 g/mol. The zero-order valence-corrected chi connectivity index (χ0v) is 10.0. The Kier molecular flexibility index (Phi) is 3.52. The van der Waals surface area contributed by atoms with E-state index in [1.807, 2.05) is 0 Å². The Morgan fingerprint density at radius 2 is 2.00 bits per heavy atom. The summed E-state index contributed by atoms with van der Waals surface area (Å²) in [6.07, 6.45) is -1.90. The predicted octanol–water partition coefficient (Wildman–Crippen LogP) is 4.02. The van der Waals surface area contributed by atoms with Gasteiger partial charge in [-0.25, -0.2) is 0 Å². The highest BCUT2D eigenvalue weighted by molar-refractivity contribution is 6.32. The maximum atomic E-state index is 12.2. The first-order chi connectivity index (χ1) is 8.38. The fraction of sp³-hybridized carbons (Fsp3) is 0.417. The summed E-state index contributed by atoms with van der Waals surface area (Å²) in [6.45, 7) is 0. The summed E-state index contributed by atoms with van der Waals surface area (Å²) in [6, 6.07) is 3.38. The first-order valence-corrected chi connectivity index (χ1v) is 5.83. The lowest BCUT2D eigenvalue weighted by molar-refractivity contribution is -0.0885. The molecule has 1 saturated carbocycles. The molecule has 0 bridgehead atoms. The molecule has 1 aliphatic carbocycles. The minimum Gasteiger partial charge on any atom is -0.489 e. The van der Waals surface area contributed by atoms with Crippen molar-refractivity contribution in [3.63, 3.8) is 0 Å². The fourth-order valence-corrected chi connectivity index (χ4v) is 1.79. The van der Waals surface area contributed by atoms with Crippen LogP contribution in [0.1, 0.15) is 29.6 Å². The maximum absolute atomic E-state index is 12.2. The number of carbonyl (C=O) groups is 1. The Morgan fingerprint density at radius 3 is 2.44 bits per heavy atom. The zero-order valence-electron chi connectivity index (χ0n) is 9.26. The highest BCUT2D eigenvalue weighted by Crippen LogP contribution is 2.32. The molecule has 2 rings (SSSR count). The summed E-state index contributed by atoms with van der Waals surface area (Å²) < 4.78 is 42.1. The topological polar surface area (TPSA) is 26.3 Å². The summed E-state index contributed by atoms with van der Waals surface area (Å²) in [7, 11) is 0. The van der Waals surface area contributed by atoms with Crippen LogP contribution in [-0.2, 0) is 0 Å². The molecule has 1 aliphatic rings. The van der Waals surface area contributed by atoms with Gasteiger partial charge >= 0.3 is 6.18 Å². The molecular formula is C12H10ClF3O2. The van der Waals surface area contributed by atoms with Crippen molar-refractivity contribution in [1.29, 1.82) is 0 Å². The molecule has 1 fully saturated rings. The van der Waals surface area contributed by atoms with E-state index < -0.39 is 17.5 Å². The fourth-order valence-electron chi connectivity index (χ4n) is 1.57. The standard InChI is InChI=1S/C12H10ClF3O2/c13-9-6-7(11(17)12(14,15)16)4-5-10(9)18-8-2-1-3-8/h4-6,8H,1-3H2. The summed E-state index contributed by atoms with van der Waals surface area (Å²) in [5.41, 5.74) is -0.478. The molecule has 1 aromatic rings. The second kappa shape index (κ2) is 4.80. The average Bonchev–Trinajstić information content (AvgIpc) is 2.22. The van der Waals surface area contributed by atoms with Gasteiger partial charge < -0.3 is 4.74 Å². The Labute approximate surface area is 107 Å². The molecule has 1 aromatic carbocycles. The van der Waals surface area contributed by atoms with Crippen molar-refractivity contribution in [3.05, 3.63) is 28.8 Å². The van der Waals surface area contributed by atoms with Gasteiger partial charge in [-0.2, -0.15) is 13.2 Å². The van der Waals surface area contributed by atoms with Crippen LogP contribution >= 0.6 is 11.6 Å². The smallest absolute Gasteiger partial charge is 0.454 e. The van der Waals surface area contributed by atoms with Crippen LogP contribution in [0.25, 0.3) is 0 Å². The number of halogens is 4. The number of ether oxygens (including phenoxy) is 1. The third-order valence-corrected chi connectivity index (χ3v) is 3.09. The molecule has 0 aromatic heterocycles. The first-order valence-electron chi connectivity index (χ1n) is 5.45. The second-order valence-corrected chi connectivity index (χ2v) is 4.55. The molecular weight excluding hydrogens is 269 g/mol. The number of hydrogen-bond donors (Lipinski definition) is 0. The Morgan fingerprint density at radius 1 is 1.33 bits per heavy atom. The minimum absolute atomic E-state index is 0.0250. The van der Waals surface area contributed by atoms with Crippen molar-refractivity contribution in [2.75, 3.05) is 0 Å². The Hall–Kier alpha value is -1.23. The van der Waals surface area contributed by atoms with Crippen molar-refractivity contribution >= 4 is 17.4 Å². The number of benzene rings is 1. The summed E-state index contributed by atoms with van der Waals surface area (Å²) >= 11 is 5.80. The molecule has 0 heterocycles. The summed E-state index contributed by atoms with van der Waals surface area (Å²) in [5.74, 6) is -1.58. The third kappa shape index (κ3) is 2.77. The van der Waals surface area contributed by atoms with Crippen LogP contribution in [0.4, 0.5) is 13.2 Å². The van der Waals surface area contributed by atoms with E-state index in [9.17, 15) is 18.0 Å². The van der Waals surface area contributed by atoms with Crippen LogP contribution < -0.4 is 4.74 Å². The monoisotopic (exact) mass is 278 g/mol. The SMILES string of the molecule is O=C(c1ccc(OC2CCC2)c(Cl)c1)C(F)(F)F. The number of rotatable bonds is 3. The van der Waals surface area contributed by atoms with E-state index in [0.29, 0.717) is 5.75 Å². The molecule has 2 nitrogen and oxygen atoms in total. The molecule has 0 aliphatic heterocycles. The van der Waals surface area contributed by atoms with Gasteiger partial charge in [0, 0.05) is 5.56 Å². The highest BCUT2D eigenvalue weighted by Gasteiger charge is 2.39. The van der Waals surface area contributed by atoms with Gasteiger partial charge in [-0.3, -0.25) is 4.79 Å². The molecule has 0 radical (unpaired) electrons. The van der Waals surface area contributed by atoms with Crippen LogP contribution in [0.15, 0.2) is 18.2 Å². The third-order valence-electron chi connectivity index (χ3n) is 2.80. The number of alkyl halides is 3. The van der Waals surface area contributed by atoms with Crippen molar-refractivity contribution < 1.29 is 22.7 Å². The van der Waals surface area contributed by atoms with E-state index in [0.717, 1.165) is 31.4 Å². The summed E-state index contributed by atoms with van der Waals surface area (Å²) in [4.78, 5) is 11.0. The van der Waals surface area contributed by atoms with Crippen LogP contribution in [0.2, 0.25) is 5.02 Å².